The molecule has 0 aliphatic heterocycles. The summed E-state index contributed by atoms with van der Waals surface area (Å²) in [6.45, 7) is 2.08. The molecule has 0 spiro atoms. The lowest BCUT2D eigenvalue weighted by molar-refractivity contribution is 0.640. The third-order valence-corrected chi connectivity index (χ3v) is 2.50. The number of rotatable bonds is 1. The summed E-state index contributed by atoms with van der Waals surface area (Å²) in [5, 5.41) is 0.724. The second-order valence-electron chi connectivity index (χ2n) is 3.22. The number of aromatic nitrogens is 1. The van der Waals surface area contributed by atoms with Crippen LogP contribution in [0, 0.1) is 5.82 Å². The van der Waals surface area contributed by atoms with Crippen LogP contribution in [0.4, 0.5) is 4.39 Å². The number of aryl methyl sites for hydroxylation is 2. The highest BCUT2D eigenvalue weighted by molar-refractivity contribution is 5.81. The topological polar surface area (TPSA) is 4.93 Å². The van der Waals surface area contributed by atoms with Crippen LogP contribution in [0.25, 0.3) is 10.9 Å². The quantitative estimate of drug-likeness (QED) is 0.631. The van der Waals surface area contributed by atoms with Crippen molar-refractivity contribution in [2.45, 2.75) is 13.3 Å². The average Bonchev–Trinajstić information content (AvgIpc) is 2.45. The van der Waals surface area contributed by atoms with Crippen molar-refractivity contribution in [1.29, 1.82) is 0 Å². The standard InChI is InChI=1S/C11H12FN/c1-3-8-7-9-10(12)5-4-6-11(9)13(8)2/h4-7H,3H2,1-2H3. The number of hydrogen-bond acceptors (Lipinski definition) is 0. The van der Waals surface area contributed by atoms with Gasteiger partial charge in [-0.1, -0.05) is 13.0 Å². The van der Waals surface area contributed by atoms with E-state index in [2.05, 4.69) is 6.92 Å². The smallest absolute Gasteiger partial charge is 0.132 e. The summed E-state index contributed by atoms with van der Waals surface area (Å²) >= 11 is 0. The van der Waals surface area contributed by atoms with E-state index in [9.17, 15) is 4.39 Å². The van der Waals surface area contributed by atoms with E-state index in [1.807, 2.05) is 23.7 Å². The molecule has 2 aromatic rings. The average molecular weight is 177 g/mol. The first kappa shape index (κ1) is 8.30. The van der Waals surface area contributed by atoms with Crippen LogP contribution < -0.4 is 0 Å². The zero-order valence-corrected chi connectivity index (χ0v) is 7.84. The lowest BCUT2D eigenvalue weighted by Crippen LogP contribution is -1.92. The highest BCUT2D eigenvalue weighted by Crippen LogP contribution is 2.21. The van der Waals surface area contributed by atoms with Gasteiger partial charge in [-0.3, -0.25) is 0 Å². The first-order valence-electron chi connectivity index (χ1n) is 4.47. The van der Waals surface area contributed by atoms with Gasteiger partial charge in [0.15, 0.2) is 0 Å². The van der Waals surface area contributed by atoms with E-state index in [0.717, 1.165) is 17.3 Å². The van der Waals surface area contributed by atoms with Gasteiger partial charge in [-0.05, 0) is 24.6 Å². The van der Waals surface area contributed by atoms with Crippen LogP contribution in [0.1, 0.15) is 12.6 Å². The molecule has 0 radical (unpaired) electrons. The van der Waals surface area contributed by atoms with Crippen molar-refractivity contribution < 1.29 is 4.39 Å². The summed E-state index contributed by atoms with van der Waals surface area (Å²) in [7, 11) is 1.97. The van der Waals surface area contributed by atoms with Gasteiger partial charge in [0.2, 0.25) is 0 Å². The summed E-state index contributed by atoms with van der Waals surface area (Å²) in [6.07, 6.45) is 0.935. The molecule has 0 saturated heterocycles. The Balaban J connectivity index is 2.83. The molecule has 0 amide bonds. The molecule has 13 heavy (non-hydrogen) atoms. The number of nitrogens with zero attached hydrogens (tertiary/aromatic N) is 1. The van der Waals surface area contributed by atoms with E-state index in [4.69, 9.17) is 0 Å². The van der Waals surface area contributed by atoms with Gasteiger partial charge in [-0.2, -0.15) is 0 Å². The van der Waals surface area contributed by atoms with Crippen molar-refractivity contribution in [3.05, 3.63) is 35.8 Å². The second kappa shape index (κ2) is 2.87. The third-order valence-electron chi connectivity index (χ3n) is 2.50. The molecule has 0 fully saturated rings. The SMILES string of the molecule is CCc1cc2c(F)cccc2n1C. The summed E-state index contributed by atoms with van der Waals surface area (Å²) in [4.78, 5) is 0. The Hall–Kier alpha value is -1.31. The van der Waals surface area contributed by atoms with E-state index in [-0.39, 0.29) is 5.82 Å². The zero-order valence-electron chi connectivity index (χ0n) is 7.84. The predicted octanol–water partition coefficient (Wildman–Crippen LogP) is 2.88. The van der Waals surface area contributed by atoms with Crippen molar-refractivity contribution in [2.24, 2.45) is 7.05 Å². The Labute approximate surface area is 76.8 Å². The maximum Gasteiger partial charge on any atom is 0.132 e. The van der Waals surface area contributed by atoms with Crippen LogP contribution in [-0.4, -0.2) is 4.57 Å². The fraction of sp³-hybridized carbons (Fsp3) is 0.273. The Kier molecular flexibility index (Phi) is 1.83. The minimum Gasteiger partial charge on any atom is -0.348 e. The molecule has 1 aromatic heterocycles. The van der Waals surface area contributed by atoms with Gasteiger partial charge in [-0.25, -0.2) is 4.39 Å². The van der Waals surface area contributed by atoms with E-state index in [0.29, 0.717) is 0 Å². The fourth-order valence-corrected chi connectivity index (χ4v) is 1.72. The monoisotopic (exact) mass is 177 g/mol. The summed E-state index contributed by atoms with van der Waals surface area (Å²) in [6, 6.07) is 7.11. The van der Waals surface area contributed by atoms with Crippen LogP contribution in [0.2, 0.25) is 0 Å². The predicted molar refractivity (Wildman–Crippen MR) is 52.3 cm³/mol. The van der Waals surface area contributed by atoms with E-state index in [1.54, 1.807) is 6.07 Å². The Bertz CT molecular complexity index is 443. The summed E-state index contributed by atoms with van der Waals surface area (Å²) < 4.78 is 15.3. The largest absolute Gasteiger partial charge is 0.348 e. The molecule has 0 aliphatic rings. The first-order chi connectivity index (χ1) is 6.24. The van der Waals surface area contributed by atoms with Crippen molar-refractivity contribution in [3.63, 3.8) is 0 Å². The van der Waals surface area contributed by atoms with Crippen molar-refractivity contribution in [1.82, 2.24) is 4.57 Å². The molecule has 2 heteroatoms. The molecule has 1 aromatic carbocycles. The Morgan fingerprint density at radius 2 is 2.15 bits per heavy atom. The first-order valence-corrected chi connectivity index (χ1v) is 4.47. The van der Waals surface area contributed by atoms with Gasteiger partial charge in [0, 0.05) is 18.1 Å². The van der Waals surface area contributed by atoms with Crippen LogP contribution >= 0.6 is 0 Å². The Morgan fingerprint density at radius 1 is 1.38 bits per heavy atom. The van der Waals surface area contributed by atoms with Crippen molar-refractivity contribution in [3.8, 4) is 0 Å². The van der Waals surface area contributed by atoms with Crippen LogP contribution in [0.15, 0.2) is 24.3 Å². The lowest BCUT2D eigenvalue weighted by Gasteiger charge is -1.99. The molecule has 0 saturated carbocycles. The molecule has 1 nitrogen and oxygen atoms in total. The molecule has 0 aliphatic carbocycles. The van der Waals surface area contributed by atoms with Crippen molar-refractivity contribution in [2.75, 3.05) is 0 Å². The molecule has 2 rings (SSSR count). The van der Waals surface area contributed by atoms with Crippen LogP contribution in [-0.2, 0) is 13.5 Å². The van der Waals surface area contributed by atoms with E-state index >= 15 is 0 Å². The van der Waals surface area contributed by atoms with E-state index < -0.39 is 0 Å². The van der Waals surface area contributed by atoms with Gasteiger partial charge in [-0.15, -0.1) is 0 Å². The number of hydrogen-bond donors (Lipinski definition) is 0. The highest BCUT2D eigenvalue weighted by Gasteiger charge is 2.06. The van der Waals surface area contributed by atoms with Crippen LogP contribution in [0.5, 0.6) is 0 Å². The minimum atomic E-state index is -0.132. The van der Waals surface area contributed by atoms with Gasteiger partial charge in [0.1, 0.15) is 5.82 Å². The van der Waals surface area contributed by atoms with Gasteiger partial charge >= 0.3 is 0 Å². The summed E-state index contributed by atoms with van der Waals surface area (Å²) in [5.74, 6) is -0.132. The molecule has 0 atom stereocenters. The number of halogens is 1. The number of fused-ring (bicyclic) bond motifs is 1. The van der Waals surface area contributed by atoms with Crippen LogP contribution in [0.3, 0.4) is 0 Å². The minimum absolute atomic E-state index is 0.132. The van der Waals surface area contributed by atoms with Gasteiger partial charge in [0.05, 0.1) is 5.52 Å². The number of benzene rings is 1. The maximum absolute atomic E-state index is 13.3. The van der Waals surface area contributed by atoms with Crippen molar-refractivity contribution >= 4 is 10.9 Å². The molecular weight excluding hydrogens is 165 g/mol. The highest BCUT2D eigenvalue weighted by atomic mass is 19.1. The molecule has 0 N–H and O–H groups in total. The lowest BCUT2D eigenvalue weighted by atomic mass is 10.2. The molecule has 0 unspecified atom stereocenters. The molecule has 1 heterocycles. The van der Waals surface area contributed by atoms with Gasteiger partial charge in [0.25, 0.3) is 0 Å². The molecule has 0 bridgehead atoms. The Morgan fingerprint density at radius 3 is 2.77 bits per heavy atom. The van der Waals surface area contributed by atoms with E-state index in [1.165, 1.54) is 11.8 Å². The zero-order chi connectivity index (χ0) is 9.42. The third kappa shape index (κ3) is 1.13. The molecule has 68 valence electrons. The second-order valence-corrected chi connectivity index (χ2v) is 3.22. The fourth-order valence-electron chi connectivity index (χ4n) is 1.72. The normalized spacial score (nSPS) is 11.0. The molecular formula is C11H12FN. The maximum atomic E-state index is 13.3. The van der Waals surface area contributed by atoms with Gasteiger partial charge < -0.3 is 4.57 Å². The summed E-state index contributed by atoms with van der Waals surface area (Å²) in [5.41, 5.74) is 2.14.